The van der Waals surface area contributed by atoms with Crippen molar-refractivity contribution in [3.05, 3.63) is 70.5 Å². The molecule has 0 radical (unpaired) electrons. The van der Waals surface area contributed by atoms with E-state index >= 15 is 0 Å². The largest absolute Gasteiger partial charge is 0.317 e. The van der Waals surface area contributed by atoms with Crippen LogP contribution in [-0.2, 0) is 0 Å². The topological polar surface area (TPSA) is 51.3 Å². The summed E-state index contributed by atoms with van der Waals surface area (Å²) in [6, 6.07) is 6.12. The second-order valence-electron chi connectivity index (χ2n) is 7.62. The fourth-order valence-electron chi connectivity index (χ4n) is 4.20. The minimum absolute atomic E-state index is 0.122. The number of aryl methyl sites for hydroxylation is 1. The lowest BCUT2D eigenvalue weighted by molar-refractivity contribution is 0.362. The normalized spacial score (nSPS) is 15.4. The third-order valence-electron chi connectivity index (χ3n) is 5.66. The van der Waals surface area contributed by atoms with E-state index in [1.807, 2.05) is 6.07 Å². The zero-order valence-corrected chi connectivity index (χ0v) is 16.0. The van der Waals surface area contributed by atoms with Crippen molar-refractivity contribution < 1.29 is 8.78 Å². The van der Waals surface area contributed by atoms with Gasteiger partial charge >= 0.3 is 0 Å². The Bertz CT molecular complexity index is 1300. The molecule has 1 aliphatic rings. The summed E-state index contributed by atoms with van der Waals surface area (Å²) in [6.45, 7) is 3.50. The van der Waals surface area contributed by atoms with Crippen LogP contribution in [0.2, 0.25) is 0 Å². The highest BCUT2D eigenvalue weighted by Gasteiger charge is 2.18. The Kier molecular flexibility index (Phi) is 4.20. The van der Waals surface area contributed by atoms with Gasteiger partial charge in [-0.1, -0.05) is 0 Å². The van der Waals surface area contributed by atoms with E-state index in [2.05, 4.69) is 10.3 Å². The van der Waals surface area contributed by atoms with Crippen LogP contribution < -0.4 is 10.9 Å². The molecule has 4 aromatic rings. The predicted octanol–water partition coefficient (Wildman–Crippen LogP) is 3.83. The molecule has 1 fully saturated rings. The van der Waals surface area contributed by atoms with Gasteiger partial charge in [-0.05, 0) is 62.5 Å². The summed E-state index contributed by atoms with van der Waals surface area (Å²) in [5.41, 5.74) is 1.35. The van der Waals surface area contributed by atoms with Crippen LogP contribution in [0.25, 0.3) is 27.5 Å². The highest BCUT2D eigenvalue weighted by Crippen LogP contribution is 2.29. The van der Waals surface area contributed by atoms with Crippen molar-refractivity contribution >= 4 is 16.4 Å². The Morgan fingerprint density at radius 2 is 1.90 bits per heavy atom. The summed E-state index contributed by atoms with van der Waals surface area (Å²) in [7, 11) is 0. The first-order chi connectivity index (χ1) is 14.0. The van der Waals surface area contributed by atoms with Gasteiger partial charge in [0.25, 0.3) is 5.56 Å². The van der Waals surface area contributed by atoms with Crippen LogP contribution in [0.3, 0.4) is 0 Å². The molecular formula is C22H20F2N4O. The number of benzene rings is 1. The molecule has 1 aromatic carbocycles. The van der Waals surface area contributed by atoms with Crippen molar-refractivity contribution in [3.8, 4) is 11.1 Å². The number of imidazole rings is 1. The van der Waals surface area contributed by atoms with Crippen molar-refractivity contribution in [2.45, 2.75) is 25.8 Å². The Hall–Kier alpha value is -3.06. The summed E-state index contributed by atoms with van der Waals surface area (Å²) < 4.78 is 32.7. The predicted molar refractivity (Wildman–Crippen MR) is 108 cm³/mol. The van der Waals surface area contributed by atoms with Crippen LogP contribution in [0.1, 0.15) is 24.6 Å². The van der Waals surface area contributed by atoms with Crippen molar-refractivity contribution in [2.75, 3.05) is 13.1 Å². The van der Waals surface area contributed by atoms with Crippen molar-refractivity contribution in [2.24, 2.45) is 0 Å². The first-order valence-corrected chi connectivity index (χ1v) is 9.71. The van der Waals surface area contributed by atoms with Crippen LogP contribution in [0, 0.1) is 18.6 Å². The zero-order chi connectivity index (χ0) is 20.1. The lowest BCUT2D eigenvalue weighted by Crippen LogP contribution is -2.34. The fraction of sp³-hybridized carbons (Fsp3) is 0.273. The summed E-state index contributed by atoms with van der Waals surface area (Å²) >= 11 is 0. The molecule has 5 rings (SSSR count). The standard InChI is InChI=1S/C22H20F2N4O/c1-13-11-27-12-15(9-20(24)21(27)26-13)17-8-14-4-7-28(16-2-5-25-6-3-16)22(29)18(14)10-19(17)23/h4,7-12,16,25H,2-3,5-6H2,1H3. The van der Waals surface area contributed by atoms with Crippen LogP contribution in [-0.4, -0.2) is 27.0 Å². The number of nitrogens with zero attached hydrogens (tertiary/aromatic N) is 3. The van der Waals surface area contributed by atoms with E-state index in [9.17, 15) is 13.6 Å². The maximum Gasteiger partial charge on any atom is 0.258 e. The van der Waals surface area contributed by atoms with Crippen molar-refractivity contribution in [3.63, 3.8) is 0 Å². The molecule has 7 heteroatoms. The highest BCUT2D eigenvalue weighted by molar-refractivity contribution is 5.87. The molecule has 0 bridgehead atoms. The summed E-state index contributed by atoms with van der Waals surface area (Å²) in [6.07, 6.45) is 6.87. The molecule has 0 atom stereocenters. The van der Waals surface area contributed by atoms with E-state index < -0.39 is 11.6 Å². The van der Waals surface area contributed by atoms with Crippen LogP contribution in [0.4, 0.5) is 8.78 Å². The Morgan fingerprint density at radius 3 is 2.69 bits per heavy atom. The van der Waals surface area contributed by atoms with Gasteiger partial charge in [0.1, 0.15) is 5.82 Å². The van der Waals surface area contributed by atoms with Gasteiger partial charge in [-0.25, -0.2) is 13.8 Å². The Morgan fingerprint density at radius 1 is 1.10 bits per heavy atom. The van der Waals surface area contributed by atoms with Gasteiger partial charge in [0.2, 0.25) is 0 Å². The van der Waals surface area contributed by atoms with Crippen LogP contribution in [0.15, 0.2) is 47.7 Å². The molecule has 0 saturated carbocycles. The van der Waals surface area contributed by atoms with E-state index in [0.29, 0.717) is 22.0 Å². The molecule has 0 amide bonds. The minimum Gasteiger partial charge on any atom is -0.317 e. The molecule has 3 aromatic heterocycles. The van der Waals surface area contributed by atoms with Gasteiger partial charge in [0.05, 0.1) is 11.1 Å². The average Bonchev–Trinajstić information content (AvgIpc) is 3.10. The number of fused-ring (bicyclic) bond motifs is 2. The number of hydrogen-bond donors (Lipinski definition) is 1. The van der Waals surface area contributed by atoms with Crippen molar-refractivity contribution in [1.29, 1.82) is 0 Å². The highest BCUT2D eigenvalue weighted by atomic mass is 19.1. The van der Waals surface area contributed by atoms with E-state index in [0.717, 1.165) is 25.9 Å². The number of nitrogens with one attached hydrogen (secondary N) is 1. The van der Waals surface area contributed by atoms with E-state index in [1.165, 1.54) is 12.1 Å². The third kappa shape index (κ3) is 3.02. The molecule has 148 valence electrons. The maximum absolute atomic E-state index is 15.0. The zero-order valence-electron chi connectivity index (χ0n) is 16.0. The lowest BCUT2D eigenvalue weighted by atomic mass is 10.0. The molecule has 1 N–H and O–H groups in total. The van der Waals surface area contributed by atoms with Crippen LogP contribution in [0.5, 0.6) is 0 Å². The number of hydrogen-bond acceptors (Lipinski definition) is 3. The average molecular weight is 394 g/mol. The molecule has 0 unspecified atom stereocenters. The molecule has 0 aliphatic carbocycles. The Balaban J connectivity index is 1.64. The molecule has 0 spiro atoms. The maximum atomic E-state index is 15.0. The fourth-order valence-corrected chi connectivity index (χ4v) is 4.20. The lowest BCUT2D eigenvalue weighted by Gasteiger charge is -2.25. The number of pyridine rings is 2. The second kappa shape index (κ2) is 6.77. The van der Waals surface area contributed by atoms with Gasteiger partial charge in [0.15, 0.2) is 11.5 Å². The van der Waals surface area contributed by atoms with E-state index in [-0.39, 0.29) is 22.8 Å². The summed E-state index contributed by atoms with van der Waals surface area (Å²) in [4.78, 5) is 17.1. The molecular weight excluding hydrogens is 374 g/mol. The van der Waals surface area contributed by atoms with Gasteiger partial charge in [-0.15, -0.1) is 0 Å². The van der Waals surface area contributed by atoms with Crippen LogP contribution >= 0.6 is 0 Å². The summed E-state index contributed by atoms with van der Waals surface area (Å²) in [5.74, 6) is -1.07. The number of halogens is 2. The Labute approximate surface area is 165 Å². The second-order valence-corrected chi connectivity index (χ2v) is 7.62. The monoisotopic (exact) mass is 394 g/mol. The van der Waals surface area contributed by atoms with Gasteiger partial charge in [-0.2, -0.15) is 0 Å². The smallest absolute Gasteiger partial charge is 0.258 e. The molecule has 1 saturated heterocycles. The van der Waals surface area contributed by atoms with E-state index in [1.54, 1.807) is 40.5 Å². The van der Waals surface area contributed by atoms with Gasteiger partial charge < -0.3 is 14.3 Å². The minimum atomic E-state index is -0.548. The summed E-state index contributed by atoms with van der Waals surface area (Å²) in [5, 5.41) is 4.26. The molecule has 4 heterocycles. The first kappa shape index (κ1) is 18.0. The first-order valence-electron chi connectivity index (χ1n) is 9.71. The number of piperidine rings is 1. The number of aromatic nitrogens is 3. The molecule has 29 heavy (non-hydrogen) atoms. The third-order valence-corrected chi connectivity index (χ3v) is 5.66. The molecule has 5 nitrogen and oxygen atoms in total. The van der Waals surface area contributed by atoms with E-state index in [4.69, 9.17) is 0 Å². The van der Waals surface area contributed by atoms with Gasteiger partial charge in [0, 0.05) is 35.8 Å². The van der Waals surface area contributed by atoms with Crippen molar-refractivity contribution in [1.82, 2.24) is 19.3 Å². The molecule has 1 aliphatic heterocycles. The SMILES string of the molecule is Cc1cn2cc(-c3cc4ccn(C5CCNCC5)c(=O)c4cc3F)cc(F)c2n1. The number of rotatable bonds is 2. The quantitative estimate of drug-likeness (QED) is 0.562. The van der Waals surface area contributed by atoms with Gasteiger partial charge in [-0.3, -0.25) is 4.79 Å².